The third-order valence-electron chi connectivity index (χ3n) is 3.96. The summed E-state index contributed by atoms with van der Waals surface area (Å²) >= 11 is 0. The normalized spacial score (nSPS) is 17.2. The standard InChI is InChI=1S/C15H19FN4O3S/c1-2-14-17-18-15(23-14)11-19-7-9-20(10-8-19)24(21,22)13-6-4-3-5-12(13)16/h3-6H,2,7-11H2,1H3. The van der Waals surface area contributed by atoms with Gasteiger partial charge in [0.2, 0.25) is 21.8 Å². The van der Waals surface area contributed by atoms with Crippen molar-refractivity contribution in [2.75, 3.05) is 26.2 Å². The second kappa shape index (κ2) is 6.96. The van der Waals surface area contributed by atoms with Gasteiger partial charge in [0.25, 0.3) is 0 Å². The maximum atomic E-state index is 13.8. The summed E-state index contributed by atoms with van der Waals surface area (Å²) in [6, 6.07) is 5.44. The molecule has 0 radical (unpaired) electrons. The third kappa shape index (κ3) is 3.47. The second-order valence-electron chi connectivity index (χ2n) is 5.55. The maximum absolute atomic E-state index is 13.8. The van der Waals surface area contributed by atoms with Crippen LogP contribution in [0.5, 0.6) is 0 Å². The van der Waals surface area contributed by atoms with Gasteiger partial charge in [-0.25, -0.2) is 12.8 Å². The molecule has 24 heavy (non-hydrogen) atoms. The Balaban J connectivity index is 1.63. The van der Waals surface area contributed by atoms with Gasteiger partial charge in [0.05, 0.1) is 6.54 Å². The fourth-order valence-electron chi connectivity index (χ4n) is 2.61. The average molecular weight is 354 g/mol. The van der Waals surface area contributed by atoms with Crippen molar-refractivity contribution in [1.82, 2.24) is 19.4 Å². The number of aryl methyl sites for hydroxylation is 1. The van der Waals surface area contributed by atoms with Gasteiger partial charge in [-0.2, -0.15) is 4.31 Å². The number of piperazine rings is 1. The van der Waals surface area contributed by atoms with Gasteiger partial charge in [0.15, 0.2) is 0 Å². The van der Waals surface area contributed by atoms with Gasteiger partial charge in [0, 0.05) is 32.6 Å². The SMILES string of the molecule is CCc1nnc(CN2CCN(S(=O)(=O)c3ccccc3F)CC2)o1. The van der Waals surface area contributed by atoms with Gasteiger partial charge in [-0.1, -0.05) is 19.1 Å². The molecule has 7 nitrogen and oxygen atoms in total. The Morgan fingerprint density at radius 3 is 2.42 bits per heavy atom. The highest BCUT2D eigenvalue weighted by Gasteiger charge is 2.30. The number of rotatable bonds is 5. The molecule has 0 atom stereocenters. The quantitative estimate of drug-likeness (QED) is 0.805. The third-order valence-corrected chi connectivity index (χ3v) is 5.89. The molecule has 1 saturated heterocycles. The zero-order valence-electron chi connectivity index (χ0n) is 13.4. The van der Waals surface area contributed by atoms with Crippen molar-refractivity contribution >= 4 is 10.0 Å². The summed E-state index contributed by atoms with van der Waals surface area (Å²) in [4.78, 5) is 1.77. The lowest BCUT2D eigenvalue weighted by molar-refractivity contribution is 0.167. The van der Waals surface area contributed by atoms with Gasteiger partial charge >= 0.3 is 0 Å². The van der Waals surface area contributed by atoms with Crippen LogP contribution in [0.4, 0.5) is 4.39 Å². The Morgan fingerprint density at radius 2 is 1.79 bits per heavy atom. The monoisotopic (exact) mass is 354 g/mol. The predicted molar refractivity (Wildman–Crippen MR) is 84.1 cm³/mol. The molecule has 0 aliphatic carbocycles. The first-order chi connectivity index (χ1) is 11.5. The number of nitrogens with zero attached hydrogens (tertiary/aromatic N) is 4. The van der Waals surface area contributed by atoms with E-state index in [1.165, 1.54) is 22.5 Å². The molecule has 0 spiro atoms. The zero-order valence-corrected chi connectivity index (χ0v) is 14.2. The molecule has 1 aliphatic rings. The summed E-state index contributed by atoms with van der Waals surface area (Å²) in [5.74, 6) is 0.390. The van der Waals surface area contributed by atoms with E-state index in [0.717, 1.165) is 6.07 Å². The largest absolute Gasteiger partial charge is 0.424 e. The second-order valence-corrected chi connectivity index (χ2v) is 7.46. The number of hydrogen-bond acceptors (Lipinski definition) is 6. The Morgan fingerprint density at radius 1 is 1.12 bits per heavy atom. The fraction of sp³-hybridized carbons (Fsp3) is 0.467. The first kappa shape index (κ1) is 17.0. The van der Waals surface area contributed by atoms with Crippen molar-refractivity contribution < 1.29 is 17.2 Å². The van der Waals surface area contributed by atoms with Gasteiger partial charge in [0.1, 0.15) is 10.7 Å². The van der Waals surface area contributed by atoms with Crippen LogP contribution < -0.4 is 0 Å². The van der Waals surface area contributed by atoms with Crippen LogP contribution in [0.25, 0.3) is 0 Å². The molecule has 130 valence electrons. The van der Waals surface area contributed by atoms with Gasteiger partial charge < -0.3 is 4.42 Å². The molecular weight excluding hydrogens is 335 g/mol. The highest BCUT2D eigenvalue weighted by Crippen LogP contribution is 2.20. The fourth-order valence-corrected chi connectivity index (χ4v) is 4.09. The molecule has 0 unspecified atom stereocenters. The number of sulfonamides is 1. The number of halogens is 1. The van der Waals surface area contributed by atoms with Crippen LogP contribution in [0.15, 0.2) is 33.6 Å². The van der Waals surface area contributed by atoms with E-state index < -0.39 is 15.8 Å². The summed E-state index contributed by atoms with van der Waals surface area (Å²) in [6.07, 6.45) is 0.682. The molecule has 3 rings (SSSR count). The average Bonchev–Trinajstić information content (AvgIpc) is 3.03. The molecule has 2 aromatic rings. The molecule has 1 fully saturated rings. The lowest BCUT2D eigenvalue weighted by atomic mass is 10.3. The van der Waals surface area contributed by atoms with Gasteiger partial charge in [-0.05, 0) is 12.1 Å². The highest BCUT2D eigenvalue weighted by molar-refractivity contribution is 7.89. The molecule has 0 saturated carbocycles. The van der Waals surface area contributed by atoms with E-state index in [9.17, 15) is 12.8 Å². The van der Waals surface area contributed by atoms with Crippen LogP contribution in [0.2, 0.25) is 0 Å². The molecule has 1 aromatic carbocycles. The van der Waals surface area contributed by atoms with Crippen LogP contribution in [0.1, 0.15) is 18.7 Å². The summed E-state index contributed by atoms with van der Waals surface area (Å²) in [5.41, 5.74) is 0. The Hall–Kier alpha value is -1.84. The Bertz CT molecular complexity index is 801. The minimum atomic E-state index is -3.81. The molecule has 0 bridgehead atoms. The van der Waals surface area contributed by atoms with Gasteiger partial charge in [-0.3, -0.25) is 4.90 Å². The van der Waals surface area contributed by atoms with Crippen molar-refractivity contribution in [3.63, 3.8) is 0 Å². The van der Waals surface area contributed by atoms with E-state index in [4.69, 9.17) is 4.42 Å². The number of benzene rings is 1. The van der Waals surface area contributed by atoms with E-state index >= 15 is 0 Å². The first-order valence-corrected chi connectivity index (χ1v) is 9.23. The van der Waals surface area contributed by atoms with Crippen molar-refractivity contribution in [3.05, 3.63) is 41.9 Å². The van der Waals surface area contributed by atoms with E-state index in [0.29, 0.717) is 50.9 Å². The number of hydrogen-bond donors (Lipinski definition) is 0. The predicted octanol–water partition coefficient (Wildman–Crippen LogP) is 1.28. The summed E-state index contributed by atoms with van der Waals surface area (Å²) in [6.45, 7) is 4.07. The van der Waals surface area contributed by atoms with Crippen molar-refractivity contribution in [1.29, 1.82) is 0 Å². The lowest BCUT2D eigenvalue weighted by Crippen LogP contribution is -2.48. The topological polar surface area (TPSA) is 79.5 Å². The van der Waals surface area contributed by atoms with E-state index in [1.807, 2.05) is 11.8 Å². The van der Waals surface area contributed by atoms with Crippen LogP contribution in [-0.4, -0.2) is 54.0 Å². The molecule has 0 N–H and O–H groups in total. The summed E-state index contributed by atoms with van der Waals surface area (Å²) in [5, 5.41) is 7.88. The minimum Gasteiger partial charge on any atom is -0.424 e. The molecule has 1 aromatic heterocycles. The van der Waals surface area contributed by atoms with Crippen molar-refractivity contribution in [3.8, 4) is 0 Å². The Kier molecular flexibility index (Phi) is 4.93. The Labute approximate surface area is 140 Å². The maximum Gasteiger partial charge on any atom is 0.246 e. The van der Waals surface area contributed by atoms with Crippen LogP contribution in [0.3, 0.4) is 0 Å². The van der Waals surface area contributed by atoms with Gasteiger partial charge in [-0.15, -0.1) is 10.2 Å². The lowest BCUT2D eigenvalue weighted by Gasteiger charge is -2.33. The molecule has 2 heterocycles. The first-order valence-electron chi connectivity index (χ1n) is 7.79. The van der Waals surface area contributed by atoms with E-state index in [2.05, 4.69) is 10.2 Å². The molecule has 9 heteroatoms. The van der Waals surface area contributed by atoms with Crippen molar-refractivity contribution in [2.45, 2.75) is 24.8 Å². The van der Waals surface area contributed by atoms with Crippen LogP contribution >= 0.6 is 0 Å². The summed E-state index contributed by atoms with van der Waals surface area (Å²) < 4.78 is 45.7. The van der Waals surface area contributed by atoms with E-state index in [-0.39, 0.29) is 4.90 Å². The highest BCUT2D eigenvalue weighted by atomic mass is 32.2. The minimum absolute atomic E-state index is 0.275. The molecule has 0 amide bonds. The smallest absolute Gasteiger partial charge is 0.246 e. The van der Waals surface area contributed by atoms with E-state index in [1.54, 1.807) is 0 Å². The summed E-state index contributed by atoms with van der Waals surface area (Å²) in [7, 11) is -3.81. The van der Waals surface area contributed by atoms with Crippen molar-refractivity contribution in [2.24, 2.45) is 0 Å². The zero-order chi connectivity index (χ0) is 17.2. The molecule has 1 aliphatic heterocycles. The molecular formula is C15H19FN4O3S. The van der Waals surface area contributed by atoms with Crippen LogP contribution in [-0.2, 0) is 23.0 Å². The van der Waals surface area contributed by atoms with Crippen LogP contribution in [0, 0.1) is 5.82 Å². The number of aromatic nitrogens is 2.